The monoisotopic (exact) mass is 344 g/mol. The van der Waals surface area contributed by atoms with Crippen LogP contribution in [0.1, 0.15) is 0 Å². The first-order chi connectivity index (χ1) is 11.9. The summed E-state index contributed by atoms with van der Waals surface area (Å²) in [7, 11) is 0. The Balaban J connectivity index is 1.80. The van der Waals surface area contributed by atoms with Gasteiger partial charge in [-0.25, -0.2) is 0 Å². The van der Waals surface area contributed by atoms with Crippen molar-refractivity contribution in [3.63, 3.8) is 0 Å². The Kier molecular flexibility index (Phi) is 3.18. The minimum atomic E-state index is 1.20. The fourth-order valence-corrected chi connectivity index (χ4v) is 5.18. The molecule has 24 heavy (non-hydrogen) atoms. The first kappa shape index (κ1) is 13.8. The molecule has 0 atom stereocenters. The molecule has 4 aromatic heterocycles. The maximum absolute atomic E-state index is 4.23. The van der Waals surface area contributed by atoms with Gasteiger partial charge in [0.15, 0.2) is 0 Å². The highest BCUT2D eigenvalue weighted by atomic mass is 32.1. The molecule has 2 nitrogen and oxygen atoms in total. The minimum Gasteiger partial charge on any atom is -0.264 e. The van der Waals surface area contributed by atoms with Crippen LogP contribution >= 0.6 is 22.7 Å². The Labute approximate surface area is 147 Å². The quantitative estimate of drug-likeness (QED) is 0.379. The smallest absolute Gasteiger partial charge is 0.0429 e. The normalized spacial score (nSPS) is 11.3. The van der Waals surface area contributed by atoms with Crippen LogP contribution in [0.15, 0.2) is 71.9 Å². The number of rotatable bonds is 2. The summed E-state index contributed by atoms with van der Waals surface area (Å²) in [6.07, 6.45) is 7.61. The molecule has 5 aromatic rings. The molecular formula is C20H12N2S2. The number of aromatic nitrogens is 2. The molecule has 1 aromatic carbocycles. The highest BCUT2D eigenvalue weighted by molar-refractivity contribution is 7.16. The van der Waals surface area contributed by atoms with Crippen LogP contribution in [0.3, 0.4) is 0 Å². The van der Waals surface area contributed by atoms with E-state index in [1.165, 1.54) is 42.4 Å². The predicted molar refractivity (Wildman–Crippen MR) is 104 cm³/mol. The lowest BCUT2D eigenvalue weighted by Gasteiger charge is -2.08. The van der Waals surface area contributed by atoms with Crippen LogP contribution in [0, 0.1) is 0 Å². The molecule has 0 N–H and O–H groups in total. The number of nitrogens with zero attached hydrogens (tertiary/aromatic N) is 2. The van der Waals surface area contributed by atoms with Crippen molar-refractivity contribution in [3.05, 3.63) is 71.9 Å². The SMILES string of the molecule is c1ccc(-c2scc3cnccc23)c(-c2scc3cnccc23)c1. The van der Waals surface area contributed by atoms with Crippen LogP contribution in [-0.4, -0.2) is 9.97 Å². The van der Waals surface area contributed by atoms with Gasteiger partial charge < -0.3 is 0 Å². The van der Waals surface area contributed by atoms with E-state index in [4.69, 9.17) is 0 Å². The summed E-state index contributed by atoms with van der Waals surface area (Å²) in [5, 5.41) is 9.31. The zero-order valence-electron chi connectivity index (χ0n) is 12.6. The first-order valence-electron chi connectivity index (χ1n) is 7.64. The molecule has 0 aliphatic carbocycles. The van der Waals surface area contributed by atoms with Crippen molar-refractivity contribution in [1.82, 2.24) is 9.97 Å². The summed E-state index contributed by atoms with van der Waals surface area (Å²) in [6.45, 7) is 0. The van der Waals surface area contributed by atoms with E-state index in [1.807, 2.05) is 24.8 Å². The molecule has 0 fully saturated rings. The highest BCUT2D eigenvalue weighted by Gasteiger charge is 2.15. The molecule has 0 saturated heterocycles. The van der Waals surface area contributed by atoms with Gasteiger partial charge in [0.1, 0.15) is 0 Å². The second kappa shape index (κ2) is 5.51. The van der Waals surface area contributed by atoms with E-state index >= 15 is 0 Å². The second-order valence-electron chi connectivity index (χ2n) is 5.60. The third-order valence-corrected chi connectivity index (χ3v) is 6.31. The van der Waals surface area contributed by atoms with Crippen LogP contribution < -0.4 is 0 Å². The summed E-state index contributed by atoms with van der Waals surface area (Å²) < 4.78 is 0. The molecule has 0 amide bonds. The van der Waals surface area contributed by atoms with E-state index in [2.05, 4.69) is 57.1 Å². The van der Waals surface area contributed by atoms with Gasteiger partial charge in [-0.05, 0) is 12.1 Å². The van der Waals surface area contributed by atoms with Crippen LogP contribution in [0.25, 0.3) is 42.4 Å². The van der Waals surface area contributed by atoms with Gasteiger partial charge >= 0.3 is 0 Å². The maximum Gasteiger partial charge on any atom is 0.0429 e. The number of hydrogen-bond donors (Lipinski definition) is 0. The van der Waals surface area contributed by atoms with Crippen molar-refractivity contribution in [1.29, 1.82) is 0 Å². The van der Waals surface area contributed by atoms with Gasteiger partial charge in [0.2, 0.25) is 0 Å². The van der Waals surface area contributed by atoms with Gasteiger partial charge in [-0.1, -0.05) is 24.3 Å². The van der Waals surface area contributed by atoms with E-state index in [9.17, 15) is 0 Å². The van der Waals surface area contributed by atoms with Crippen LogP contribution in [0.2, 0.25) is 0 Å². The number of pyridine rings is 2. The van der Waals surface area contributed by atoms with Crippen molar-refractivity contribution in [2.24, 2.45) is 0 Å². The van der Waals surface area contributed by atoms with E-state index in [0.29, 0.717) is 0 Å². The van der Waals surface area contributed by atoms with Crippen LogP contribution in [0.5, 0.6) is 0 Å². The minimum absolute atomic E-state index is 1.20. The van der Waals surface area contributed by atoms with Crippen molar-refractivity contribution in [2.75, 3.05) is 0 Å². The molecule has 114 valence electrons. The highest BCUT2D eigenvalue weighted by Crippen LogP contribution is 2.43. The van der Waals surface area contributed by atoms with Gasteiger partial charge in [0.25, 0.3) is 0 Å². The Morgan fingerprint density at radius 3 is 1.62 bits per heavy atom. The molecule has 0 unspecified atom stereocenters. The van der Waals surface area contributed by atoms with Gasteiger partial charge in [0, 0.05) is 78.0 Å². The van der Waals surface area contributed by atoms with Crippen molar-refractivity contribution in [2.45, 2.75) is 0 Å². The molecular weight excluding hydrogens is 332 g/mol. The average Bonchev–Trinajstić information content (AvgIpc) is 3.26. The summed E-state index contributed by atoms with van der Waals surface area (Å²) in [4.78, 5) is 11.1. The van der Waals surface area contributed by atoms with Gasteiger partial charge in [0.05, 0.1) is 0 Å². The van der Waals surface area contributed by atoms with Gasteiger partial charge in [-0.3, -0.25) is 9.97 Å². The lowest BCUT2D eigenvalue weighted by molar-refractivity contribution is 1.37. The standard InChI is InChI=1S/C20H12N2S2/c1-2-4-18(20-16-6-8-22-10-14(16)12-24-20)17(3-1)19-15-5-7-21-9-13(15)11-23-19/h1-12H. The fourth-order valence-electron chi connectivity index (χ4n) is 3.08. The van der Waals surface area contributed by atoms with E-state index in [0.717, 1.165) is 0 Å². The van der Waals surface area contributed by atoms with E-state index in [1.54, 1.807) is 22.7 Å². The van der Waals surface area contributed by atoms with Crippen molar-refractivity contribution >= 4 is 44.2 Å². The lowest BCUT2D eigenvalue weighted by atomic mass is 10.0. The molecule has 0 aliphatic rings. The fraction of sp³-hybridized carbons (Fsp3) is 0. The molecule has 5 rings (SSSR count). The summed E-state index contributed by atoms with van der Waals surface area (Å²) in [5.74, 6) is 0. The molecule has 0 aliphatic heterocycles. The number of benzene rings is 1. The zero-order chi connectivity index (χ0) is 15.9. The predicted octanol–water partition coefficient (Wildman–Crippen LogP) is 6.24. The number of thiophene rings is 2. The molecule has 0 radical (unpaired) electrons. The van der Waals surface area contributed by atoms with Crippen molar-refractivity contribution in [3.8, 4) is 20.9 Å². The van der Waals surface area contributed by atoms with Crippen LogP contribution in [-0.2, 0) is 0 Å². The van der Waals surface area contributed by atoms with E-state index in [-0.39, 0.29) is 0 Å². The van der Waals surface area contributed by atoms with Crippen molar-refractivity contribution < 1.29 is 0 Å². The molecule has 4 heterocycles. The van der Waals surface area contributed by atoms with Gasteiger partial charge in [-0.15, -0.1) is 22.7 Å². The first-order valence-corrected chi connectivity index (χ1v) is 9.40. The topological polar surface area (TPSA) is 25.8 Å². The Hall–Kier alpha value is -2.56. The second-order valence-corrected chi connectivity index (χ2v) is 7.36. The lowest BCUT2D eigenvalue weighted by Crippen LogP contribution is -1.82. The molecule has 4 heteroatoms. The molecule has 0 saturated carbocycles. The Morgan fingerprint density at radius 1 is 0.625 bits per heavy atom. The average molecular weight is 344 g/mol. The largest absolute Gasteiger partial charge is 0.264 e. The molecule has 0 bridgehead atoms. The third-order valence-electron chi connectivity index (χ3n) is 4.22. The Bertz CT molecular complexity index is 1080. The number of hydrogen-bond acceptors (Lipinski definition) is 4. The van der Waals surface area contributed by atoms with E-state index < -0.39 is 0 Å². The zero-order valence-corrected chi connectivity index (χ0v) is 14.3. The number of fused-ring (bicyclic) bond motifs is 2. The Morgan fingerprint density at radius 2 is 1.12 bits per heavy atom. The summed E-state index contributed by atoms with van der Waals surface area (Å²) >= 11 is 3.57. The van der Waals surface area contributed by atoms with Crippen LogP contribution in [0.4, 0.5) is 0 Å². The molecule has 0 spiro atoms. The third kappa shape index (κ3) is 2.08. The summed E-state index contributed by atoms with van der Waals surface area (Å²) in [6, 6.07) is 12.9. The van der Waals surface area contributed by atoms with Gasteiger partial charge in [-0.2, -0.15) is 0 Å². The maximum atomic E-state index is 4.23. The summed E-state index contributed by atoms with van der Waals surface area (Å²) in [5.41, 5.74) is 2.56.